The summed E-state index contributed by atoms with van der Waals surface area (Å²) < 4.78 is 25.6. The predicted octanol–water partition coefficient (Wildman–Crippen LogP) is 2.97. The monoisotopic (exact) mass is 414 g/mol. The number of hydrogen-bond acceptors (Lipinski definition) is 5. The Bertz CT molecular complexity index is 989. The molecule has 1 saturated carbocycles. The van der Waals surface area contributed by atoms with E-state index in [1.807, 2.05) is 24.4 Å². The van der Waals surface area contributed by atoms with Crippen LogP contribution in [-0.4, -0.2) is 58.7 Å². The van der Waals surface area contributed by atoms with E-state index in [4.69, 9.17) is 5.10 Å². The summed E-state index contributed by atoms with van der Waals surface area (Å²) in [6.45, 7) is 7.38. The maximum absolute atomic E-state index is 11.7. The molecule has 29 heavy (non-hydrogen) atoms. The minimum absolute atomic E-state index is 0.0531. The van der Waals surface area contributed by atoms with E-state index < -0.39 is 9.84 Å². The van der Waals surface area contributed by atoms with E-state index in [1.54, 1.807) is 0 Å². The average molecular weight is 415 g/mol. The van der Waals surface area contributed by atoms with Gasteiger partial charge >= 0.3 is 0 Å². The third-order valence-electron chi connectivity index (χ3n) is 7.31. The maximum Gasteiger partial charge on any atom is 0.151 e. The second kappa shape index (κ2) is 6.91. The van der Waals surface area contributed by atoms with E-state index in [2.05, 4.69) is 34.5 Å². The lowest BCUT2D eigenvalue weighted by molar-refractivity contribution is 0.211. The zero-order valence-electron chi connectivity index (χ0n) is 17.3. The molecule has 2 aromatic rings. The smallest absolute Gasteiger partial charge is 0.151 e. The van der Waals surface area contributed by atoms with Gasteiger partial charge in [0.15, 0.2) is 9.84 Å². The van der Waals surface area contributed by atoms with Gasteiger partial charge < -0.3 is 0 Å². The Labute approximate surface area is 173 Å². The molecule has 6 nitrogen and oxygen atoms in total. The topological polar surface area (TPSA) is 68.1 Å². The molecular formula is C22H30N4O2S. The summed E-state index contributed by atoms with van der Waals surface area (Å²) in [6.07, 6.45) is 5.18. The van der Waals surface area contributed by atoms with Gasteiger partial charge in [0.1, 0.15) is 5.69 Å². The van der Waals surface area contributed by atoms with Gasteiger partial charge in [-0.3, -0.25) is 14.6 Å². The lowest BCUT2D eigenvalue weighted by Gasteiger charge is -2.38. The summed E-state index contributed by atoms with van der Waals surface area (Å²) in [6, 6.07) is 8.74. The summed E-state index contributed by atoms with van der Waals surface area (Å²) in [5.41, 5.74) is 3.26. The molecule has 1 aliphatic carbocycles. The van der Waals surface area contributed by atoms with Crippen LogP contribution in [-0.2, 0) is 16.4 Å². The summed E-state index contributed by atoms with van der Waals surface area (Å²) in [5.74, 6) is 1.89. The zero-order chi connectivity index (χ0) is 20.2. The SMILES string of the molecule is CCn1nc(-c2ccccn2)cc1[C@@H]1C[C@H](N2CCC3(C2)CS(=O)(=O)C3)C[C@@H]1C. The maximum atomic E-state index is 11.7. The van der Waals surface area contributed by atoms with Gasteiger partial charge in [0.05, 0.1) is 17.2 Å². The quantitative estimate of drug-likeness (QED) is 0.769. The minimum atomic E-state index is -2.76. The number of likely N-dealkylation sites (tertiary alicyclic amines) is 1. The summed E-state index contributed by atoms with van der Waals surface area (Å²) in [5, 5.41) is 4.84. The first-order chi connectivity index (χ1) is 13.9. The molecule has 0 amide bonds. The second-order valence-corrected chi connectivity index (χ2v) is 11.5. The molecular weight excluding hydrogens is 384 g/mol. The molecule has 0 aromatic carbocycles. The van der Waals surface area contributed by atoms with Crippen molar-refractivity contribution >= 4 is 9.84 Å². The highest BCUT2D eigenvalue weighted by molar-refractivity contribution is 7.92. The molecule has 3 fully saturated rings. The number of hydrogen-bond donors (Lipinski definition) is 0. The van der Waals surface area contributed by atoms with E-state index in [1.165, 1.54) is 12.1 Å². The van der Waals surface area contributed by atoms with Crippen LogP contribution in [0.4, 0.5) is 0 Å². The molecule has 2 aromatic heterocycles. The van der Waals surface area contributed by atoms with E-state index >= 15 is 0 Å². The predicted molar refractivity (Wildman–Crippen MR) is 113 cm³/mol. The van der Waals surface area contributed by atoms with Gasteiger partial charge in [-0.1, -0.05) is 13.0 Å². The number of rotatable bonds is 4. The van der Waals surface area contributed by atoms with Gasteiger partial charge in [0, 0.05) is 42.4 Å². The Balaban J connectivity index is 1.33. The van der Waals surface area contributed by atoms with Crippen molar-refractivity contribution in [3.8, 4) is 11.4 Å². The number of aryl methyl sites for hydroxylation is 1. The normalized spacial score (nSPS) is 30.6. The van der Waals surface area contributed by atoms with E-state index in [0.29, 0.717) is 29.4 Å². The van der Waals surface area contributed by atoms with E-state index in [0.717, 1.165) is 43.9 Å². The standard InChI is InChI=1S/C22H30N4O2S/c1-3-26-21(12-20(24-26)19-6-4-5-8-23-19)18-11-17(10-16(18)2)25-9-7-22(13-25)14-29(27,28)15-22/h4-6,8,12,16-18H,3,7,9-11,13-15H2,1-2H3/t16-,17+,18+/m0/s1. The fourth-order valence-electron chi connectivity index (χ4n) is 5.96. The fourth-order valence-corrected chi connectivity index (χ4v) is 8.21. The van der Waals surface area contributed by atoms with Crippen LogP contribution in [0, 0.1) is 11.3 Å². The molecule has 3 atom stereocenters. The highest BCUT2D eigenvalue weighted by Crippen LogP contribution is 2.47. The number of pyridine rings is 1. The van der Waals surface area contributed by atoms with Gasteiger partial charge in [-0.25, -0.2) is 8.42 Å². The number of nitrogens with zero attached hydrogens (tertiary/aromatic N) is 4. The van der Waals surface area contributed by atoms with Crippen molar-refractivity contribution in [2.45, 2.75) is 51.6 Å². The van der Waals surface area contributed by atoms with Gasteiger partial charge in [0.25, 0.3) is 0 Å². The third kappa shape index (κ3) is 3.42. The molecule has 0 unspecified atom stereocenters. The van der Waals surface area contributed by atoms with Crippen molar-refractivity contribution in [3.05, 3.63) is 36.2 Å². The highest BCUT2D eigenvalue weighted by atomic mass is 32.2. The van der Waals surface area contributed by atoms with Crippen molar-refractivity contribution in [2.24, 2.45) is 11.3 Å². The van der Waals surface area contributed by atoms with E-state index in [-0.39, 0.29) is 5.41 Å². The molecule has 4 heterocycles. The molecule has 2 aliphatic heterocycles. The molecule has 3 aliphatic rings. The minimum Gasteiger partial charge on any atom is -0.300 e. The molecule has 0 bridgehead atoms. The van der Waals surface area contributed by atoms with Crippen molar-refractivity contribution in [1.82, 2.24) is 19.7 Å². The molecule has 0 radical (unpaired) electrons. The van der Waals surface area contributed by atoms with Gasteiger partial charge in [-0.15, -0.1) is 0 Å². The number of sulfone groups is 1. The van der Waals surface area contributed by atoms with Crippen LogP contribution < -0.4 is 0 Å². The van der Waals surface area contributed by atoms with Crippen LogP contribution in [0.5, 0.6) is 0 Å². The zero-order valence-corrected chi connectivity index (χ0v) is 18.1. The van der Waals surface area contributed by atoms with Crippen LogP contribution >= 0.6 is 0 Å². The first-order valence-electron chi connectivity index (χ1n) is 10.8. The molecule has 1 spiro atoms. The Hall–Kier alpha value is -1.73. The van der Waals surface area contributed by atoms with E-state index in [9.17, 15) is 8.42 Å². The Morgan fingerprint density at radius 3 is 2.72 bits per heavy atom. The Morgan fingerprint density at radius 2 is 2.03 bits per heavy atom. The van der Waals surface area contributed by atoms with Crippen molar-refractivity contribution in [1.29, 1.82) is 0 Å². The van der Waals surface area contributed by atoms with Crippen LogP contribution in [0.2, 0.25) is 0 Å². The van der Waals surface area contributed by atoms with Gasteiger partial charge in [-0.05, 0) is 56.8 Å². The molecule has 2 saturated heterocycles. The summed E-state index contributed by atoms with van der Waals surface area (Å²) in [4.78, 5) is 7.05. The van der Waals surface area contributed by atoms with Crippen molar-refractivity contribution in [2.75, 3.05) is 24.6 Å². The van der Waals surface area contributed by atoms with Crippen molar-refractivity contribution < 1.29 is 8.42 Å². The van der Waals surface area contributed by atoms with Crippen LogP contribution in [0.15, 0.2) is 30.5 Å². The molecule has 0 N–H and O–H groups in total. The van der Waals surface area contributed by atoms with Gasteiger partial charge in [-0.2, -0.15) is 5.10 Å². The first-order valence-corrected chi connectivity index (χ1v) is 12.6. The molecule has 5 rings (SSSR count). The first kappa shape index (κ1) is 19.2. The van der Waals surface area contributed by atoms with Crippen LogP contribution in [0.3, 0.4) is 0 Å². The lowest BCUT2D eigenvalue weighted by Crippen LogP contribution is -2.50. The Kier molecular flexibility index (Phi) is 4.59. The van der Waals surface area contributed by atoms with Crippen LogP contribution in [0.25, 0.3) is 11.4 Å². The Morgan fingerprint density at radius 1 is 1.21 bits per heavy atom. The lowest BCUT2D eigenvalue weighted by atomic mass is 9.91. The summed E-state index contributed by atoms with van der Waals surface area (Å²) >= 11 is 0. The molecule has 7 heteroatoms. The third-order valence-corrected chi connectivity index (χ3v) is 9.42. The second-order valence-electron chi connectivity index (χ2n) is 9.45. The number of aromatic nitrogens is 3. The highest BCUT2D eigenvalue weighted by Gasteiger charge is 2.53. The van der Waals surface area contributed by atoms with Crippen LogP contribution in [0.1, 0.15) is 44.7 Å². The average Bonchev–Trinajstić information content (AvgIpc) is 3.38. The fraction of sp³-hybridized carbons (Fsp3) is 0.636. The largest absolute Gasteiger partial charge is 0.300 e. The van der Waals surface area contributed by atoms with Crippen molar-refractivity contribution in [3.63, 3.8) is 0 Å². The molecule has 156 valence electrons. The van der Waals surface area contributed by atoms with Gasteiger partial charge in [0.2, 0.25) is 0 Å². The summed E-state index contributed by atoms with van der Waals surface area (Å²) in [7, 11) is -2.76.